The molecular weight excluding hydrogens is 352 g/mol. The van der Waals surface area contributed by atoms with Gasteiger partial charge in [0.2, 0.25) is 0 Å². The van der Waals surface area contributed by atoms with Gasteiger partial charge in [0.1, 0.15) is 6.54 Å². The number of tetrazole rings is 1. The Balaban J connectivity index is 1.36. The van der Waals surface area contributed by atoms with E-state index in [1.54, 1.807) is 0 Å². The number of rotatable bonds is 3. The summed E-state index contributed by atoms with van der Waals surface area (Å²) in [5.74, 6) is 3.35. The molecule has 0 amide bonds. The van der Waals surface area contributed by atoms with E-state index in [4.69, 9.17) is 0 Å². The summed E-state index contributed by atoms with van der Waals surface area (Å²) in [5, 5.41) is 21.9. The third kappa shape index (κ3) is 2.70. The Kier molecular flexibility index (Phi) is 4.42. The highest BCUT2D eigenvalue weighted by Gasteiger charge is 2.61. The Morgan fingerprint density at radius 1 is 1.07 bits per heavy atom. The van der Waals surface area contributed by atoms with E-state index in [-0.39, 0.29) is 24.0 Å². The molecule has 154 valence electrons. The van der Waals surface area contributed by atoms with Crippen LogP contribution in [-0.4, -0.2) is 37.2 Å². The Morgan fingerprint density at radius 2 is 1.86 bits per heavy atom. The van der Waals surface area contributed by atoms with Crippen LogP contribution in [0.4, 0.5) is 0 Å². The number of hydrogen-bond acceptors (Lipinski definition) is 5. The third-order valence-corrected chi connectivity index (χ3v) is 9.72. The second-order valence-electron chi connectivity index (χ2n) is 10.7. The zero-order chi connectivity index (χ0) is 19.5. The van der Waals surface area contributed by atoms with Gasteiger partial charge >= 0.3 is 0 Å². The van der Waals surface area contributed by atoms with Crippen LogP contribution >= 0.6 is 0 Å². The van der Waals surface area contributed by atoms with Crippen molar-refractivity contribution in [3.63, 3.8) is 0 Å². The lowest BCUT2D eigenvalue weighted by Gasteiger charge is -2.60. The number of aromatic nitrogens is 4. The molecule has 1 heterocycles. The number of aliphatic hydroxyl groups excluding tert-OH is 1. The van der Waals surface area contributed by atoms with Crippen molar-refractivity contribution in [3.8, 4) is 0 Å². The molecule has 6 heteroatoms. The van der Waals surface area contributed by atoms with E-state index in [1.807, 2.05) is 0 Å². The van der Waals surface area contributed by atoms with Gasteiger partial charge in [0, 0.05) is 5.92 Å². The number of Topliss-reactive ketones (excluding diaryl/α,β-unsaturated/α-hetero) is 1. The van der Waals surface area contributed by atoms with Gasteiger partial charge < -0.3 is 5.11 Å². The van der Waals surface area contributed by atoms with Crippen molar-refractivity contribution in [1.29, 1.82) is 0 Å². The largest absolute Gasteiger partial charge is 0.393 e. The Morgan fingerprint density at radius 3 is 2.64 bits per heavy atom. The molecule has 1 N–H and O–H groups in total. The number of hydrogen-bond donors (Lipinski definition) is 1. The average molecular weight is 387 g/mol. The van der Waals surface area contributed by atoms with Crippen molar-refractivity contribution in [1.82, 2.24) is 20.2 Å². The quantitative estimate of drug-likeness (QED) is 0.862. The summed E-state index contributed by atoms with van der Waals surface area (Å²) in [6, 6.07) is 0. The van der Waals surface area contributed by atoms with Crippen LogP contribution in [0.15, 0.2) is 6.33 Å². The lowest BCUT2D eigenvalue weighted by Crippen LogP contribution is -2.54. The summed E-state index contributed by atoms with van der Waals surface area (Å²) < 4.78 is 0. The van der Waals surface area contributed by atoms with Crippen LogP contribution in [0.5, 0.6) is 0 Å². The van der Waals surface area contributed by atoms with Crippen LogP contribution in [0.25, 0.3) is 0 Å². The van der Waals surface area contributed by atoms with Crippen LogP contribution in [0.3, 0.4) is 0 Å². The Labute approximate surface area is 167 Å². The molecule has 6 nitrogen and oxygen atoms in total. The van der Waals surface area contributed by atoms with Gasteiger partial charge in [-0.15, -0.1) is 10.2 Å². The average Bonchev–Trinajstić information content (AvgIpc) is 3.29. The first-order valence-corrected chi connectivity index (χ1v) is 11.3. The van der Waals surface area contributed by atoms with Crippen molar-refractivity contribution in [2.45, 2.75) is 84.3 Å². The molecule has 0 spiro atoms. The molecule has 1 aromatic rings. The van der Waals surface area contributed by atoms with Crippen LogP contribution in [0.2, 0.25) is 0 Å². The number of aliphatic hydroxyl groups is 1. The minimum atomic E-state index is -0.0811. The smallest absolute Gasteiger partial charge is 0.162 e. The zero-order valence-corrected chi connectivity index (χ0v) is 17.3. The number of nitrogens with zero attached hydrogens (tertiary/aromatic N) is 4. The molecule has 4 fully saturated rings. The predicted octanol–water partition coefficient (Wildman–Crippen LogP) is 3.26. The van der Waals surface area contributed by atoms with E-state index < -0.39 is 0 Å². The molecule has 4 aliphatic carbocycles. The second kappa shape index (κ2) is 6.61. The highest BCUT2D eigenvalue weighted by molar-refractivity contribution is 5.81. The monoisotopic (exact) mass is 386 g/mol. The van der Waals surface area contributed by atoms with Gasteiger partial charge in [0.05, 0.1) is 6.10 Å². The summed E-state index contributed by atoms with van der Waals surface area (Å²) in [4.78, 5) is 14.5. The molecule has 4 unspecified atom stereocenters. The summed E-state index contributed by atoms with van der Waals surface area (Å²) in [6.45, 7) is 5.19. The first-order valence-electron chi connectivity index (χ1n) is 11.3. The van der Waals surface area contributed by atoms with Gasteiger partial charge in [0.15, 0.2) is 12.1 Å². The fraction of sp³-hybridized carbons (Fsp3) is 0.909. The van der Waals surface area contributed by atoms with Gasteiger partial charge in [0.25, 0.3) is 0 Å². The Bertz CT molecular complexity index is 737. The van der Waals surface area contributed by atoms with Gasteiger partial charge in [-0.3, -0.25) is 4.79 Å². The molecule has 5 rings (SSSR count). The first-order chi connectivity index (χ1) is 13.4. The molecule has 28 heavy (non-hydrogen) atoms. The van der Waals surface area contributed by atoms with Gasteiger partial charge in [-0.2, -0.15) is 4.80 Å². The van der Waals surface area contributed by atoms with E-state index in [9.17, 15) is 9.90 Å². The summed E-state index contributed by atoms with van der Waals surface area (Å²) >= 11 is 0. The molecule has 4 aliphatic rings. The molecule has 0 saturated heterocycles. The minimum Gasteiger partial charge on any atom is -0.393 e. The van der Waals surface area contributed by atoms with Crippen molar-refractivity contribution < 1.29 is 9.90 Å². The van der Waals surface area contributed by atoms with Gasteiger partial charge in [-0.1, -0.05) is 13.8 Å². The summed E-state index contributed by atoms with van der Waals surface area (Å²) in [5.41, 5.74) is 0.534. The van der Waals surface area contributed by atoms with E-state index in [0.29, 0.717) is 23.0 Å². The highest BCUT2D eigenvalue weighted by atomic mass is 16.3. The molecule has 4 saturated carbocycles. The normalized spacial score (nSPS) is 47.8. The maximum atomic E-state index is 13.1. The summed E-state index contributed by atoms with van der Waals surface area (Å²) in [7, 11) is 0. The lowest BCUT2D eigenvalue weighted by molar-refractivity contribution is -0.140. The van der Waals surface area contributed by atoms with Gasteiger partial charge in [-0.25, -0.2) is 0 Å². The summed E-state index contributed by atoms with van der Waals surface area (Å²) in [6.07, 6.45) is 11.7. The molecular formula is C22H34N4O2. The lowest BCUT2D eigenvalue weighted by atomic mass is 9.44. The predicted molar refractivity (Wildman–Crippen MR) is 104 cm³/mol. The van der Waals surface area contributed by atoms with E-state index >= 15 is 0 Å². The van der Waals surface area contributed by atoms with Crippen LogP contribution < -0.4 is 0 Å². The standard InChI is InChI=1S/C22H34N4O2/c1-21-9-7-15(27)11-14(21)3-4-16-17-5-6-19(22(17,2)10-8-18(16)21)20(28)12-26-24-13-23-25-26/h13-19,27H,3-12H2,1-2H3/t14-,15-,16?,17?,18?,19?,21+,22+/m1/s1. The maximum Gasteiger partial charge on any atom is 0.162 e. The number of fused-ring (bicyclic) bond motifs is 5. The van der Waals surface area contributed by atoms with Crippen molar-refractivity contribution in [2.75, 3.05) is 0 Å². The third-order valence-electron chi connectivity index (χ3n) is 9.72. The molecule has 0 radical (unpaired) electrons. The Hall–Kier alpha value is -1.30. The number of ketones is 1. The molecule has 1 aromatic heterocycles. The topological polar surface area (TPSA) is 80.9 Å². The maximum absolute atomic E-state index is 13.1. The molecule has 0 bridgehead atoms. The van der Waals surface area contributed by atoms with Crippen LogP contribution in [0, 0.1) is 40.4 Å². The number of carbonyl (C=O) groups is 1. The molecule has 0 aromatic carbocycles. The van der Waals surface area contributed by atoms with Crippen molar-refractivity contribution >= 4 is 5.78 Å². The second-order valence-corrected chi connectivity index (χ2v) is 10.7. The fourth-order valence-electron chi connectivity index (χ4n) is 8.27. The van der Waals surface area contributed by atoms with Crippen molar-refractivity contribution in [3.05, 3.63) is 6.33 Å². The highest BCUT2D eigenvalue weighted by Crippen LogP contribution is 2.67. The van der Waals surface area contributed by atoms with Crippen LogP contribution in [-0.2, 0) is 11.3 Å². The molecule has 0 aliphatic heterocycles. The molecule has 8 atom stereocenters. The van der Waals surface area contributed by atoms with E-state index in [0.717, 1.165) is 31.1 Å². The van der Waals surface area contributed by atoms with E-state index in [1.165, 1.54) is 49.6 Å². The fourth-order valence-corrected chi connectivity index (χ4v) is 8.27. The minimum absolute atomic E-state index is 0.0811. The van der Waals surface area contributed by atoms with E-state index in [2.05, 4.69) is 29.3 Å². The SMILES string of the molecule is C[C@]12CCC3C(CC[C@@H]4C[C@H](O)CC[C@]34C)C1CCC2C(=O)Cn1ncnn1. The van der Waals surface area contributed by atoms with Crippen molar-refractivity contribution in [2.24, 2.45) is 40.4 Å². The van der Waals surface area contributed by atoms with Crippen LogP contribution in [0.1, 0.15) is 71.6 Å². The van der Waals surface area contributed by atoms with Gasteiger partial charge in [-0.05, 0) is 97.5 Å². The number of carbonyl (C=O) groups excluding carboxylic acids is 1. The zero-order valence-electron chi connectivity index (χ0n) is 17.3. The first kappa shape index (κ1) is 18.7.